The van der Waals surface area contributed by atoms with Gasteiger partial charge in [-0.1, -0.05) is 35.3 Å². The Kier molecular flexibility index (Phi) is 6.09. The fourth-order valence-corrected chi connectivity index (χ4v) is 3.45. The van der Waals surface area contributed by atoms with E-state index in [4.69, 9.17) is 23.2 Å². The molecule has 0 aliphatic rings. The monoisotopic (exact) mass is 341 g/mol. The van der Waals surface area contributed by atoms with Crippen LogP contribution in [0.25, 0.3) is 0 Å². The zero-order valence-electron chi connectivity index (χ0n) is 11.7. The summed E-state index contributed by atoms with van der Waals surface area (Å²) in [4.78, 5) is 13.3. The maximum atomic E-state index is 12.0. The van der Waals surface area contributed by atoms with Gasteiger partial charge in [0.25, 0.3) is 0 Å². The molecule has 0 saturated carbocycles. The van der Waals surface area contributed by atoms with Crippen LogP contribution in [0.1, 0.15) is 36.2 Å². The summed E-state index contributed by atoms with van der Waals surface area (Å²) in [6.07, 6.45) is 2.32. The van der Waals surface area contributed by atoms with Crippen molar-refractivity contribution in [3.63, 3.8) is 0 Å². The predicted molar refractivity (Wildman–Crippen MR) is 90.3 cm³/mol. The summed E-state index contributed by atoms with van der Waals surface area (Å²) in [7, 11) is 0. The van der Waals surface area contributed by atoms with Crippen LogP contribution in [0.2, 0.25) is 10.0 Å². The molecule has 0 aliphatic heterocycles. The molecule has 0 fully saturated rings. The molecule has 1 atom stereocenters. The highest BCUT2D eigenvalue weighted by Crippen LogP contribution is 2.26. The highest BCUT2D eigenvalue weighted by Gasteiger charge is 2.12. The van der Waals surface area contributed by atoms with Crippen molar-refractivity contribution in [2.24, 2.45) is 0 Å². The van der Waals surface area contributed by atoms with Gasteiger partial charge in [0.15, 0.2) is 0 Å². The number of nitrogens with one attached hydrogen (secondary N) is 1. The minimum Gasteiger partial charge on any atom is -0.350 e. The van der Waals surface area contributed by atoms with Crippen LogP contribution in [0.5, 0.6) is 0 Å². The molecule has 5 heteroatoms. The molecule has 1 aromatic heterocycles. The maximum absolute atomic E-state index is 12.0. The first-order chi connectivity index (χ1) is 10.1. The molecular weight excluding hydrogens is 325 g/mol. The van der Waals surface area contributed by atoms with Gasteiger partial charge < -0.3 is 5.32 Å². The van der Waals surface area contributed by atoms with Gasteiger partial charge in [-0.05, 0) is 48.9 Å². The number of carbonyl (C=O) groups is 1. The Bertz CT molecular complexity index is 598. The van der Waals surface area contributed by atoms with E-state index in [1.54, 1.807) is 23.5 Å². The standard InChI is InChI=1S/C16H17Cl2NOS/c1-11(14-8-7-12(17)10-15(14)18)19-16(20)6-2-4-13-5-3-9-21-13/h3,5,7-11H,2,4,6H2,1H3,(H,19,20). The second kappa shape index (κ2) is 7.83. The predicted octanol–water partition coefficient (Wildman–Crippen LogP) is 5.26. The molecule has 1 aromatic carbocycles. The molecule has 1 heterocycles. The summed E-state index contributed by atoms with van der Waals surface area (Å²) in [5, 5.41) is 6.20. The van der Waals surface area contributed by atoms with E-state index in [0.29, 0.717) is 16.5 Å². The van der Waals surface area contributed by atoms with Crippen molar-refractivity contribution in [1.29, 1.82) is 0 Å². The second-order valence-electron chi connectivity index (χ2n) is 4.89. The van der Waals surface area contributed by atoms with Crippen molar-refractivity contribution in [3.05, 3.63) is 56.2 Å². The van der Waals surface area contributed by atoms with Crippen molar-refractivity contribution in [3.8, 4) is 0 Å². The Balaban J connectivity index is 1.81. The lowest BCUT2D eigenvalue weighted by molar-refractivity contribution is -0.121. The molecule has 112 valence electrons. The molecule has 0 aliphatic carbocycles. The zero-order valence-corrected chi connectivity index (χ0v) is 14.1. The molecule has 1 amide bonds. The van der Waals surface area contributed by atoms with Gasteiger partial charge in [0.2, 0.25) is 5.91 Å². The lowest BCUT2D eigenvalue weighted by atomic mass is 10.1. The van der Waals surface area contributed by atoms with E-state index in [1.807, 2.05) is 19.1 Å². The molecular formula is C16H17Cl2NOS. The van der Waals surface area contributed by atoms with Crippen molar-refractivity contribution >= 4 is 40.4 Å². The summed E-state index contributed by atoms with van der Waals surface area (Å²) >= 11 is 13.7. The van der Waals surface area contributed by atoms with Crippen LogP contribution in [0.4, 0.5) is 0 Å². The molecule has 1 N–H and O–H groups in total. The summed E-state index contributed by atoms with van der Waals surface area (Å²) < 4.78 is 0. The van der Waals surface area contributed by atoms with E-state index in [-0.39, 0.29) is 11.9 Å². The third-order valence-electron chi connectivity index (χ3n) is 3.21. The number of hydrogen-bond acceptors (Lipinski definition) is 2. The van der Waals surface area contributed by atoms with Gasteiger partial charge >= 0.3 is 0 Å². The van der Waals surface area contributed by atoms with E-state index < -0.39 is 0 Å². The van der Waals surface area contributed by atoms with E-state index in [9.17, 15) is 4.79 Å². The van der Waals surface area contributed by atoms with Crippen LogP contribution < -0.4 is 5.32 Å². The Hall–Kier alpha value is -1.03. The SMILES string of the molecule is CC(NC(=O)CCCc1cccs1)c1ccc(Cl)cc1Cl. The first-order valence-electron chi connectivity index (χ1n) is 6.83. The molecule has 2 rings (SSSR count). The van der Waals surface area contributed by atoms with Gasteiger partial charge in [0.05, 0.1) is 6.04 Å². The fraction of sp³-hybridized carbons (Fsp3) is 0.312. The Morgan fingerprint density at radius 2 is 2.14 bits per heavy atom. The Morgan fingerprint density at radius 3 is 2.81 bits per heavy atom. The van der Waals surface area contributed by atoms with Crippen LogP contribution in [-0.2, 0) is 11.2 Å². The van der Waals surface area contributed by atoms with Crippen molar-refractivity contribution < 1.29 is 4.79 Å². The molecule has 0 radical (unpaired) electrons. The van der Waals surface area contributed by atoms with E-state index in [0.717, 1.165) is 18.4 Å². The average molecular weight is 342 g/mol. The second-order valence-corrected chi connectivity index (χ2v) is 6.76. The van der Waals surface area contributed by atoms with Gasteiger partial charge in [-0.15, -0.1) is 11.3 Å². The van der Waals surface area contributed by atoms with Gasteiger partial charge in [0.1, 0.15) is 0 Å². The number of carbonyl (C=O) groups excluding carboxylic acids is 1. The third-order valence-corrected chi connectivity index (χ3v) is 4.71. The summed E-state index contributed by atoms with van der Waals surface area (Å²) in [6, 6.07) is 9.33. The van der Waals surface area contributed by atoms with Crippen molar-refractivity contribution in [1.82, 2.24) is 5.32 Å². The smallest absolute Gasteiger partial charge is 0.220 e. The van der Waals surface area contributed by atoms with Gasteiger partial charge in [0, 0.05) is 21.3 Å². The number of halogens is 2. The van der Waals surface area contributed by atoms with Crippen LogP contribution in [0, 0.1) is 0 Å². The molecule has 0 saturated heterocycles. The van der Waals surface area contributed by atoms with E-state index in [2.05, 4.69) is 16.8 Å². The number of rotatable bonds is 6. The lowest BCUT2D eigenvalue weighted by Crippen LogP contribution is -2.26. The quantitative estimate of drug-likeness (QED) is 0.763. The van der Waals surface area contributed by atoms with E-state index >= 15 is 0 Å². The largest absolute Gasteiger partial charge is 0.350 e. The molecule has 2 nitrogen and oxygen atoms in total. The highest BCUT2D eigenvalue weighted by atomic mass is 35.5. The molecule has 2 aromatic rings. The molecule has 1 unspecified atom stereocenters. The number of benzene rings is 1. The van der Waals surface area contributed by atoms with Gasteiger partial charge in [-0.2, -0.15) is 0 Å². The van der Waals surface area contributed by atoms with E-state index in [1.165, 1.54) is 4.88 Å². The van der Waals surface area contributed by atoms with Gasteiger partial charge in [-0.3, -0.25) is 4.79 Å². The number of amides is 1. The number of thiophene rings is 1. The summed E-state index contributed by atoms with van der Waals surface area (Å²) in [6.45, 7) is 1.92. The topological polar surface area (TPSA) is 29.1 Å². The third kappa shape index (κ3) is 5.03. The minimum atomic E-state index is -0.121. The number of aryl methyl sites for hydroxylation is 1. The summed E-state index contributed by atoms with van der Waals surface area (Å²) in [5.41, 5.74) is 0.882. The highest BCUT2D eigenvalue weighted by molar-refractivity contribution is 7.09. The lowest BCUT2D eigenvalue weighted by Gasteiger charge is -2.16. The first kappa shape index (κ1) is 16.3. The van der Waals surface area contributed by atoms with Gasteiger partial charge in [-0.25, -0.2) is 0 Å². The number of hydrogen-bond donors (Lipinski definition) is 1. The van der Waals surface area contributed by atoms with Crippen molar-refractivity contribution in [2.45, 2.75) is 32.2 Å². The Morgan fingerprint density at radius 1 is 1.33 bits per heavy atom. The molecule has 0 bridgehead atoms. The van der Waals surface area contributed by atoms with Crippen LogP contribution in [0.15, 0.2) is 35.7 Å². The molecule has 0 spiro atoms. The van der Waals surface area contributed by atoms with Crippen LogP contribution in [-0.4, -0.2) is 5.91 Å². The fourth-order valence-electron chi connectivity index (χ4n) is 2.12. The van der Waals surface area contributed by atoms with Crippen LogP contribution >= 0.6 is 34.5 Å². The average Bonchev–Trinajstić information content (AvgIpc) is 2.91. The van der Waals surface area contributed by atoms with Crippen molar-refractivity contribution in [2.75, 3.05) is 0 Å². The normalized spacial score (nSPS) is 12.1. The zero-order chi connectivity index (χ0) is 15.2. The summed E-state index contributed by atoms with van der Waals surface area (Å²) in [5.74, 6) is 0.0464. The minimum absolute atomic E-state index is 0.0464. The van der Waals surface area contributed by atoms with Crippen LogP contribution in [0.3, 0.4) is 0 Å². The molecule has 21 heavy (non-hydrogen) atoms. The maximum Gasteiger partial charge on any atom is 0.220 e. The Labute approximate surface area is 139 Å². The first-order valence-corrected chi connectivity index (χ1v) is 8.46.